The Morgan fingerprint density at radius 1 is 0.451 bits per heavy atom. The van der Waals surface area contributed by atoms with Crippen molar-refractivity contribution in [3.05, 3.63) is 157 Å². The summed E-state index contributed by atoms with van der Waals surface area (Å²) in [5, 5.41) is 2.24. The molecule has 8 rings (SSSR count). The van der Waals surface area contributed by atoms with Crippen LogP contribution in [0, 0.1) is 0 Å². The number of aromatic nitrogens is 4. The molecule has 0 bridgehead atoms. The fourth-order valence-corrected chi connectivity index (χ4v) is 6.62. The van der Waals surface area contributed by atoms with Gasteiger partial charge in [-0.05, 0) is 64.6 Å². The number of nitrogens with zero attached hydrogens (tertiary/aromatic N) is 4. The van der Waals surface area contributed by atoms with Crippen molar-refractivity contribution in [2.75, 3.05) is 0 Å². The first-order chi connectivity index (χ1) is 24.5. The summed E-state index contributed by atoms with van der Waals surface area (Å²) in [7, 11) is 0. The predicted octanol–water partition coefficient (Wildman–Crippen LogP) is 12.0. The van der Waals surface area contributed by atoms with Gasteiger partial charge in [0, 0.05) is 33.2 Å². The van der Waals surface area contributed by atoms with Crippen molar-refractivity contribution < 1.29 is 13.2 Å². The molecule has 0 spiro atoms. The number of para-hydroxylation sites is 1. The zero-order chi connectivity index (χ0) is 35.3. The molecule has 0 aliphatic carbocycles. The first-order valence-corrected chi connectivity index (χ1v) is 16.8. The van der Waals surface area contributed by atoms with E-state index in [-0.39, 0.29) is 5.41 Å². The molecule has 4 nitrogen and oxygen atoms in total. The van der Waals surface area contributed by atoms with E-state index in [4.69, 9.17) is 15.0 Å². The van der Waals surface area contributed by atoms with E-state index in [1.807, 2.05) is 91.0 Å². The first-order valence-electron chi connectivity index (χ1n) is 16.8. The highest BCUT2D eigenvalue weighted by molar-refractivity contribution is 6.09. The standard InChI is InChI=1S/C44H33F3N4/c1-43(2,3)31-21-24-39-36(26-31)35-19-10-11-20-38(35)51(39)33-22-23-34(30-17-12-18-32(25-30)44(45,46)47)37(27-33)42-49-40(28-13-6-4-7-14-28)48-41(50-42)29-15-8-5-9-16-29/h4-27H,1-3H3. The minimum Gasteiger partial charge on any atom is -0.309 e. The minimum absolute atomic E-state index is 0.0389. The van der Waals surface area contributed by atoms with Gasteiger partial charge in [0.2, 0.25) is 0 Å². The Hall–Kier alpha value is -6.08. The molecule has 2 heterocycles. The van der Waals surface area contributed by atoms with Gasteiger partial charge in [0.05, 0.1) is 16.6 Å². The van der Waals surface area contributed by atoms with Gasteiger partial charge < -0.3 is 4.57 Å². The fraction of sp³-hybridized carbons (Fsp3) is 0.114. The maximum absolute atomic E-state index is 14.0. The van der Waals surface area contributed by atoms with Gasteiger partial charge in [-0.25, -0.2) is 15.0 Å². The third-order valence-corrected chi connectivity index (χ3v) is 9.24. The third-order valence-electron chi connectivity index (χ3n) is 9.24. The molecule has 0 unspecified atom stereocenters. The highest BCUT2D eigenvalue weighted by atomic mass is 19.4. The van der Waals surface area contributed by atoms with E-state index in [0.29, 0.717) is 34.2 Å². The Morgan fingerprint density at radius 3 is 1.69 bits per heavy atom. The molecule has 51 heavy (non-hydrogen) atoms. The van der Waals surface area contributed by atoms with Gasteiger partial charge in [-0.1, -0.05) is 124 Å². The van der Waals surface area contributed by atoms with Crippen LogP contribution in [0.4, 0.5) is 13.2 Å². The van der Waals surface area contributed by atoms with Crippen molar-refractivity contribution in [3.8, 4) is 51.0 Å². The molecule has 0 aliphatic heterocycles. The summed E-state index contributed by atoms with van der Waals surface area (Å²) in [4.78, 5) is 14.8. The van der Waals surface area contributed by atoms with Gasteiger partial charge in [0.15, 0.2) is 17.5 Å². The number of rotatable bonds is 5. The molecular formula is C44H33F3N4. The van der Waals surface area contributed by atoms with Crippen LogP contribution in [-0.4, -0.2) is 19.5 Å². The first kappa shape index (κ1) is 32.1. The van der Waals surface area contributed by atoms with Crippen LogP contribution in [0.3, 0.4) is 0 Å². The van der Waals surface area contributed by atoms with E-state index in [0.717, 1.165) is 44.7 Å². The Balaban J connectivity index is 1.42. The van der Waals surface area contributed by atoms with Gasteiger partial charge in [-0.2, -0.15) is 13.2 Å². The maximum atomic E-state index is 14.0. The van der Waals surface area contributed by atoms with E-state index in [9.17, 15) is 13.2 Å². The van der Waals surface area contributed by atoms with E-state index in [1.165, 1.54) is 17.7 Å². The van der Waals surface area contributed by atoms with Crippen molar-refractivity contribution in [3.63, 3.8) is 0 Å². The molecular weight excluding hydrogens is 642 g/mol. The summed E-state index contributed by atoms with van der Waals surface area (Å²) in [6.45, 7) is 6.61. The monoisotopic (exact) mass is 674 g/mol. The molecule has 0 atom stereocenters. The average Bonchev–Trinajstić information content (AvgIpc) is 3.48. The fourth-order valence-electron chi connectivity index (χ4n) is 6.62. The lowest BCUT2D eigenvalue weighted by atomic mass is 9.86. The molecule has 250 valence electrons. The van der Waals surface area contributed by atoms with Crippen LogP contribution < -0.4 is 0 Å². The van der Waals surface area contributed by atoms with Crippen LogP contribution in [0.25, 0.3) is 72.8 Å². The van der Waals surface area contributed by atoms with Crippen molar-refractivity contribution in [2.24, 2.45) is 0 Å². The van der Waals surface area contributed by atoms with E-state index in [2.05, 4.69) is 55.7 Å². The molecule has 0 N–H and O–H groups in total. The molecule has 0 fully saturated rings. The highest BCUT2D eigenvalue weighted by Gasteiger charge is 2.31. The molecule has 7 heteroatoms. The van der Waals surface area contributed by atoms with Crippen molar-refractivity contribution in [1.82, 2.24) is 19.5 Å². The average molecular weight is 675 g/mol. The largest absolute Gasteiger partial charge is 0.416 e. The van der Waals surface area contributed by atoms with Gasteiger partial charge in [-0.15, -0.1) is 0 Å². The lowest BCUT2D eigenvalue weighted by molar-refractivity contribution is -0.137. The predicted molar refractivity (Wildman–Crippen MR) is 200 cm³/mol. The summed E-state index contributed by atoms with van der Waals surface area (Å²) >= 11 is 0. The number of hydrogen-bond donors (Lipinski definition) is 0. The van der Waals surface area contributed by atoms with Gasteiger partial charge in [-0.3, -0.25) is 0 Å². The second kappa shape index (κ2) is 12.4. The zero-order valence-corrected chi connectivity index (χ0v) is 28.3. The van der Waals surface area contributed by atoms with E-state index in [1.54, 1.807) is 6.07 Å². The number of benzene rings is 6. The van der Waals surface area contributed by atoms with Gasteiger partial charge in [0.25, 0.3) is 0 Å². The second-order valence-electron chi connectivity index (χ2n) is 13.7. The topological polar surface area (TPSA) is 43.6 Å². The number of hydrogen-bond acceptors (Lipinski definition) is 3. The quantitative estimate of drug-likeness (QED) is 0.182. The van der Waals surface area contributed by atoms with Crippen LogP contribution >= 0.6 is 0 Å². The summed E-state index contributed by atoms with van der Waals surface area (Å²) in [6.07, 6.45) is -4.50. The number of alkyl halides is 3. The van der Waals surface area contributed by atoms with Gasteiger partial charge in [0.1, 0.15) is 0 Å². The Bertz CT molecular complexity index is 2490. The van der Waals surface area contributed by atoms with Crippen LogP contribution in [-0.2, 0) is 11.6 Å². The highest BCUT2D eigenvalue weighted by Crippen LogP contribution is 2.40. The van der Waals surface area contributed by atoms with Crippen LogP contribution in [0.5, 0.6) is 0 Å². The molecule has 8 aromatic rings. The number of fused-ring (bicyclic) bond motifs is 3. The van der Waals surface area contributed by atoms with Crippen LogP contribution in [0.1, 0.15) is 31.9 Å². The third kappa shape index (κ3) is 6.05. The summed E-state index contributed by atoms with van der Waals surface area (Å²) in [6, 6.07) is 45.3. The summed E-state index contributed by atoms with van der Waals surface area (Å²) < 4.78 is 44.2. The van der Waals surface area contributed by atoms with E-state index >= 15 is 0 Å². The zero-order valence-electron chi connectivity index (χ0n) is 28.3. The molecule has 0 radical (unpaired) electrons. The second-order valence-corrected chi connectivity index (χ2v) is 13.7. The molecule has 0 amide bonds. The lowest BCUT2D eigenvalue weighted by Gasteiger charge is -2.19. The molecule has 0 aliphatic rings. The Kier molecular flexibility index (Phi) is 7.79. The Labute approximate surface area is 293 Å². The SMILES string of the molecule is CC(C)(C)c1ccc2c(c1)c1ccccc1n2-c1ccc(-c2cccc(C(F)(F)F)c2)c(-c2nc(-c3ccccc3)nc(-c3ccccc3)n2)c1. The summed E-state index contributed by atoms with van der Waals surface area (Å²) in [5.74, 6) is 1.28. The molecule has 0 saturated carbocycles. The van der Waals surface area contributed by atoms with Crippen LogP contribution in [0.2, 0.25) is 0 Å². The summed E-state index contributed by atoms with van der Waals surface area (Å²) in [5.41, 5.74) is 6.50. The number of halogens is 3. The van der Waals surface area contributed by atoms with E-state index < -0.39 is 11.7 Å². The Morgan fingerprint density at radius 2 is 1.04 bits per heavy atom. The van der Waals surface area contributed by atoms with Crippen molar-refractivity contribution >= 4 is 21.8 Å². The molecule has 2 aromatic heterocycles. The van der Waals surface area contributed by atoms with Crippen molar-refractivity contribution in [2.45, 2.75) is 32.4 Å². The van der Waals surface area contributed by atoms with Crippen LogP contribution in [0.15, 0.2) is 146 Å². The maximum Gasteiger partial charge on any atom is 0.416 e. The smallest absolute Gasteiger partial charge is 0.309 e. The van der Waals surface area contributed by atoms with Gasteiger partial charge >= 0.3 is 6.18 Å². The lowest BCUT2D eigenvalue weighted by Crippen LogP contribution is -2.10. The normalized spacial score (nSPS) is 12.1. The van der Waals surface area contributed by atoms with Crippen molar-refractivity contribution in [1.29, 1.82) is 0 Å². The molecule has 6 aromatic carbocycles. The molecule has 0 saturated heterocycles. The minimum atomic E-state index is -4.50.